The second-order valence-electron chi connectivity index (χ2n) is 7.18. The Kier molecular flexibility index (Phi) is 6.30. The number of carbonyl (C=O) groups is 4. The van der Waals surface area contributed by atoms with Crippen molar-refractivity contribution in [3.63, 3.8) is 0 Å². The number of hydrogen-bond donors (Lipinski definition) is 1. The molecule has 0 radical (unpaired) electrons. The van der Waals surface area contributed by atoms with Crippen molar-refractivity contribution in [3.8, 4) is 6.07 Å². The molecule has 30 heavy (non-hydrogen) atoms. The first kappa shape index (κ1) is 21.2. The van der Waals surface area contributed by atoms with E-state index in [1.165, 1.54) is 24.3 Å². The highest BCUT2D eigenvalue weighted by Gasteiger charge is 2.52. The third kappa shape index (κ3) is 4.25. The monoisotopic (exact) mass is 416 g/mol. The SMILES string of the molecule is N#CCCN(C(=O)COC(=O)CN1C(=O)NC2(CCCC2)C1=O)c1ccccc1F. The number of amides is 4. The van der Waals surface area contributed by atoms with Crippen molar-refractivity contribution in [3.05, 3.63) is 30.1 Å². The van der Waals surface area contributed by atoms with Crippen molar-refractivity contribution in [2.45, 2.75) is 37.6 Å². The van der Waals surface area contributed by atoms with Gasteiger partial charge in [0.15, 0.2) is 6.61 Å². The maximum Gasteiger partial charge on any atom is 0.326 e. The Morgan fingerprint density at radius 1 is 1.27 bits per heavy atom. The summed E-state index contributed by atoms with van der Waals surface area (Å²) in [6, 6.07) is 6.76. The van der Waals surface area contributed by atoms with Crippen LogP contribution in [0.5, 0.6) is 0 Å². The predicted octanol–water partition coefficient (Wildman–Crippen LogP) is 1.48. The summed E-state index contributed by atoms with van der Waals surface area (Å²) in [6.45, 7) is -1.41. The molecule has 1 heterocycles. The molecule has 158 valence electrons. The molecule has 1 saturated heterocycles. The van der Waals surface area contributed by atoms with E-state index in [4.69, 9.17) is 10.00 Å². The Morgan fingerprint density at radius 2 is 1.97 bits per heavy atom. The van der Waals surface area contributed by atoms with E-state index in [9.17, 15) is 23.6 Å². The molecule has 10 heteroatoms. The van der Waals surface area contributed by atoms with Crippen LogP contribution in [-0.4, -0.2) is 54.0 Å². The van der Waals surface area contributed by atoms with Gasteiger partial charge in [-0.15, -0.1) is 0 Å². The minimum atomic E-state index is -0.938. The molecule has 4 amide bonds. The van der Waals surface area contributed by atoms with E-state index in [1.807, 2.05) is 6.07 Å². The number of rotatable bonds is 7. The Morgan fingerprint density at radius 3 is 2.63 bits per heavy atom. The van der Waals surface area contributed by atoms with Crippen molar-refractivity contribution < 1.29 is 28.3 Å². The van der Waals surface area contributed by atoms with Crippen LogP contribution in [0.3, 0.4) is 0 Å². The highest BCUT2D eigenvalue weighted by atomic mass is 19.1. The minimum Gasteiger partial charge on any atom is -0.454 e. The fraction of sp³-hybridized carbons (Fsp3) is 0.450. The molecule has 0 atom stereocenters. The van der Waals surface area contributed by atoms with Gasteiger partial charge in [-0.3, -0.25) is 19.3 Å². The largest absolute Gasteiger partial charge is 0.454 e. The third-order valence-corrected chi connectivity index (χ3v) is 5.24. The number of hydrogen-bond acceptors (Lipinski definition) is 6. The number of nitriles is 1. The molecular weight excluding hydrogens is 395 g/mol. The number of para-hydroxylation sites is 1. The fourth-order valence-electron chi connectivity index (χ4n) is 3.74. The van der Waals surface area contributed by atoms with Gasteiger partial charge in [-0.1, -0.05) is 25.0 Å². The standard InChI is InChI=1S/C20H21FN4O5/c21-14-6-1-2-7-15(14)24(11-5-10-22)16(26)13-30-17(27)12-25-18(28)20(23-19(25)29)8-3-4-9-20/h1-2,6-7H,3-5,8-9,11-13H2,(H,23,29). The summed E-state index contributed by atoms with van der Waals surface area (Å²) >= 11 is 0. The number of benzene rings is 1. The van der Waals surface area contributed by atoms with Gasteiger partial charge in [-0.05, 0) is 25.0 Å². The lowest BCUT2D eigenvalue weighted by Crippen LogP contribution is -2.44. The summed E-state index contributed by atoms with van der Waals surface area (Å²) in [5, 5.41) is 11.4. The molecule has 1 N–H and O–H groups in total. The highest BCUT2D eigenvalue weighted by Crippen LogP contribution is 2.34. The maximum atomic E-state index is 14.1. The van der Waals surface area contributed by atoms with Gasteiger partial charge in [0.1, 0.15) is 17.9 Å². The number of halogens is 1. The molecule has 1 saturated carbocycles. The van der Waals surface area contributed by atoms with Gasteiger partial charge in [0.05, 0.1) is 18.2 Å². The molecule has 9 nitrogen and oxygen atoms in total. The van der Waals surface area contributed by atoms with Gasteiger partial charge < -0.3 is 15.0 Å². The van der Waals surface area contributed by atoms with Crippen LogP contribution >= 0.6 is 0 Å². The summed E-state index contributed by atoms with van der Waals surface area (Å²) < 4.78 is 19.0. The number of urea groups is 1. The molecule has 1 spiro atoms. The van der Waals surface area contributed by atoms with Crippen molar-refractivity contribution in [2.24, 2.45) is 0 Å². The zero-order chi connectivity index (χ0) is 21.7. The zero-order valence-electron chi connectivity index (χ0n) is 16.2. The van der Waals surface area contributed by atoms with E-state index in [2.05, 4.69) is 5.32 Å². The normalized spacial score (nSPS) is 17.0. The van der Waals surface area contributed by atoms with Crippen LogP contribution < -0.4 is 10.2 Å². The quantitative estimate of drug-likeness (QED) is 0.531. The Hall–Kier alpha value is -3.48. The van der Waals surface area contributed by atoms with Crippen LogP contribution in [0.1, 0.15) is 32.1 Å². The molecule has 1 aromatic rings. The average Bonchev–Trinajstić information content (AvgIpc) is 3.28. The summed E-state index contributed by atoms with van der Waals surface area (Å²) in [6.07, 6.45) is 2.63. The number of imide groups is 1. The van der Waals surface area contributed by atoms with E-state index in [0.29, 0.717) is 12.8 Å². The van der Waals surface area contributed by atoms with E-state index in [0.717, 1.165) is 22.6 Å². The Bertz CT molecular complexity index is 907. The van der Waals surface area contributed by atoms with Gasteiger partial charge in [0.25, 0.3) is 11.8 Å². The maximum absolute atomic E-state index is 14.1. The molecule has 1 aliphatic carbocycles. The van der Waals surface area contributed by atoms with E-state index in [1.54, 1.807) is 0 Å². The number of nitrogens with zero attached hydrogens (tertiary/aromatic N) is 3. The number of nitrogens with one attached hydrogen (secondary N) is 1. The molecule has 1 aromatic carbocycles. The molecular formula is C20H21FN4O5. The van der Waals surface area contributed by atoms with Gasteiger partial charge in [0, 0.05) is 6.54 Å². The number of anilines is 1. The first-order valence-corrected chi connectivity index (χ1v) is 9.59. The third-order valence-electron chi connectivity index (χ3n) is 5.24. The van der Waals surface area contributed by atoms with Crippen molar-refractivity contribution in [1.82, 2.24) is 10.2 Å². The van der Waals surface area contributed by atoms with Crippen molar-refractivity contribution in [1.29, 1.82) is 5.26 Å². The van der Waals surface area contributed by atoms with Gasteiger partial charge in [-0.25, -0.2) is 9.18 Å². The van der Waals surface area contributed by atoms with Crippen LogP contribution in [-0.2, 0) is 19.1 Å². The molecule has 2 fully saturated rings. The molecule has 2 aliphatic rings. The average molecular weight is 416 g/mol. The lowest BCUT2D eigenvalue weighted by molar-refractivity contribution is -0.150. The number of carbonyl (C=O) groups excluding carboxylic acids is 4. The topological polar surface area (TPSA) is 120 Å². The second-order valence-corrected chi connectivity index (χ2v) is 7.18. The van der Waals surface area contributed by atoms with Crippen LogP contribution in [0.15, 0.2) is 24.3 Å². The van der Waals surface area contributed by atoms with E-state index >= 15 is 0 Å². The van der Waals surface area contributed by atoms with Crippen LogP contribution in [0.4, 0.5) is 14.9 Å². The van der Waals surface area contributed by atoms with Gasteiger partial charge >= 0.3 is 12.0 Å². The fourth-order valence-corrected chi connectivity index (χ4v) is 3.74. The smallest absolute Gasteiger partial charge is 0.326 e. The summed E-state index contributed by atoms with van der Waals surface area (Å²) in [5.41, 5.74) is -0.974. The minimum absolute atomic E-state index is 0.0360. The van der Waals surface area contributed by atoms with Gasteiger partial charge in [-0.2, -0.15) is 5.26 Å². The first-order chi connectivity index (χ1) is 14.4. The summed E-state index contributed by atoms with van der Waals surface area (Å²) in [5.74, 6) is -2.78. The van der Waals surface area contributed by atoms with Crippen LogP contribution in [0.2, 0.25) is 0 Å². The number of esters is 1. The number of ether oxygens (including phenoxy) is 1. The first-order valence-electron chi connectivity index (χ1n) is 9.59. The predicted molar refractivity (Wildman–Crippen MR) is 101 cm³/mol. The molecule has 0 aromatic heterocycles. The lowest BCUT2D eigenvalue weighted by Gasteiger charge is -2.22. The molecule has 3 rings (SSSR count). The van der Waals surface area contributed by atoms with Gasteiger partial charge in [0.2, 0.25) is 0 Å². The summed E-state index contributed by atoms with van der Waals surface area (Å²) in [7, 11) is 0. The summed E-state index contributed by atoms with van der Waals surface area (Å²) in [4.78, 5) is 51.1. The van der Waals surface area contributed by atoms with Crippen molar-refractivity contribution >= 4 is 29.5 Å². The zero-order valence-corrected chi connectivity index (χ0v) is 16.2. The van der Waals surface area contributed by atoms with Crippen LogP contribution in [0.25, 0.3) is 0 Å². The van der Waals surface area contributed by atoms with E-state index < -0.39 is 48.3 Å². The Balaban J connectivity index is 1.59. The molecule has 0 unspecified atom stereocenters. The molecule has 0 bridgehead atoms. The Labute approximate surface area is 172 Å². The highest BCUT2D eigenvalue weighted by molar-refractivity contribution is 6.09. The van der Waals surface area contributed by atoms with E-state index in [-0.39, 0.29) is 18.7 Å². The van der Waals surface area contributed by atoms with Crippen LogP contribution in [0, 0.1) is 17.1 Å². The van der Waals surface area contributed by atoms with Crippen molar-refractivity contribution in [2.75, 3.05) is 24.6 Å². The second kappa shape index (κ2) is 8.90. The molecule has 1 aliphatic heterocycles. The lowest BCUT2D eigenvalue weighted by atomic mass is 9.98.